The van der Waals surface area contributed by atoms with Crippen LogP contribution >= 0.6 is 11.3 Å². The van der Waals surface area contributed by atoms with E-state index < -0.39 is 0 Å². The van der Waals surface area contributed by atoms with Crippen molar-refractivity contribution in [2.45, 2.75) is 0 Å². The lowest BCUT2D eigenvalue weighted by atomic mass is 10.3. The van der Waals surface area contributed by atoms with Gasteiger partial charge in [-0.05, 0) is 18.2 Å². The van der Waals surface area contributed by atoms with Gasteiger partial charge in [-0.1, -0.05) is 29.5 Å². The van der Waals surface area contributed by atoms with Gasteiger partial charge in [-0.15, -0.1) is 5.10 Å². The van der Waals surface area contributed by atoms with E-state index in [-0.39, 0.29) is 0 Å². The maximum Gasteiger partial charge on any atom is 0.211 e. The van der Waals surface area contributed by atoms with Gasteiger partial charge in [0.15, 0.2) is 0 Å². The fourth-order valence-electron chi connectivity index (χ4n) is 1.78. The van der Waals surface area contributed by atoms with Crippen LogP contribution in [0.15, 0.2) is 59.0 Å². The molecule has 2 aromatic heterocycles. The first-order chi connectivity index (χ1) is 9.34. The van der Waals surface area contributed by atoms with Crippen molar-refractivity contribution in [2.24, 2.45) is 17.3 Å². The third-order valence-corrected chi connectivity index (χ3v) is 3.85. The summed E-state index contributed by atoms with van der Waals surface area (Å²) in [6.07, 6.45) is 5.20. The van der Waals surface area contributed by atoms with Crippen LogP contribution in [0.5, 0.6) is 0 Å². The molecule has 0 aliphatic heterocycles. The van der Waals surface area contributed by atoms with Crippen molar-refractivity contribution in [1.29, 1.82) is 0 Å². The monoisotopic (exact) mass is 268 g/mol. The van der Waals surface area contributed by atoms with Crippen molar-refractivity contribution in [1.82, 2.24) is 9.55 Å². The summed E-state index contributed by atoms with van der Waals surface area (Å²) in [4.78, 5) is 4.90. The molecule has 3 aromatic rings. The number of para-hydroxylation sites is 1. The highest BCUT2D eigenvalue weighted by molar-refractivity contribution is 7.16. The van der Waals surface area contributed by atoms with Gasteiger partial charge in [0.05, 0.1) is 16.4 Å². The lowest BCUT2D eigenvalue weighted by Crippen LogP contribution is -2.08. The lowest BCUT2D eigenvalue weighted by molar-refractivity contribution is 0.889. The normalized spacial score (nSPS) is 12.6. The Morgan fingerprint density at radius 3 is 2.89 bits per heavy atom. The summed E-state index contributed by atoms with van der Waals surface area (Å²) < 4.78 is 3.25. The molecule has 0 saturated carbocycles. The third-order valence-electron chi connectivity index (χ3n) is 2.75. The summed E-state index contributed by atoms with van der Waals surface area (Å²) in [5, 5.41) is 8.38. The van der Waals surface area contributed by atoms with E-state index in [1.165, 1.54) is 10.2 Å². The Hall–Kier alpha value is -2.27. The van der Waals surface area contributed by atoms with Crippen molar-refractivity contribution in [3.8, 4) is 0 Å². The standard InChI is InChI=1S/C14H12N4S/c1-18-12-6-2-3-7-13(12)19-14(18)17-16-10-11-5-4-8-15-9-11/h2-10H,1H3/b16-10?,17-14-. The van der Waals surface area contributed by atoms with Crippen LogP contribution in [-0.2, 0) is 7.05 Å². The van der Waals surface area contributed by atoms with Crippen molar-refractivity contribution in [3.05, 3.63) is 59.2 Å². The molecule has 3 rings (SSSR count). The molecular weight excluding hydrogens is 256 g/mol. The van der Waals surface area contributed by atoms with E-state index >= 15 is 0 Å². The van der Waals surface area contributed by atoms with Crippen LogP contribution in [0, 0.1) is 0 Å². The van der Waals surface area contributed by atoms with Gasteiger partial charge < -0.3 is 4.57 Å². The van der Waals surface area contributed by atoms with Crippen LogP contribution in [0.4, 0.5) is 0 Å². The minimum absolute atomic E-state index is 0.876. The molecule has 0 N–H and O–H groups in total. The predicted molar refractivity (Wildman–Crippen MR) is 78.2 cm³/mol. The van der Waals surface area contributed by atoms with E-state index in [2.05, 4.69) is 27.3 Å². The topological polar surface area (TPSA) is 42.5 Å². The summed E-state index contributed by atoms with van der Waals surface area (Å²) in [5.74, 6) is 0. The smallest absolute Gasteiger partial charge is 0.211 e. The minimum atomic E-state index is 0.876. The number of hydrogen-bond acceptors (Lipinski definition) is 4. The van der Waals surface area contributed by atoms with Gasteiger partial charge in [0.2, 0.25) is 4.80 Å². The summed E-state index contributed by atoms with van der Waals surface area (Å²) >= 11 is 1.63. The summed E-state index contributed by atoms with van der Waals surface area (Å²) in [7, 11) is 2.00. The van der Waals surface area contributed by atoms with Crippen LogP contribution in [0.25, 0.3) is 10.2 Å². The molecule has 5 heteroatoms. The fraction of sp³-hybridized carbons (Fsp3) is 0.0714. The number of thiazole rings is 1. The van der Waals surface area contributed by atoms with Gasteiger partial charge >= 0.3 is 0 Å². The predicted octanol–water partition coefficient (Wildman–Crippen LogP) is 2.57. The van der Waals surface area contributed by atoms with E-state index in [9.17, 15) is 0 Å². The first-order valence-electron chi connectivity index (χ1n) is 5.86. The molecule has 0 aliphatic carbocycles. The second kappa shape index (κ2) is 5.16. The SMILES string of the molecule is Cn1/c(=N/N=Cc2cccnc2)sc2ccccc21. The second-order valence-corrected chi connectivity index (χ2v) is 5.05. The molecule has 0 spiro atoms. The highest BCUT2D eigenvalue weighted by atomic mass is 32.1. The zero-order valence-corrected chi connectivity index (χ0v) is 11.2. The summed E-state index contributed by atoms with van der Waals surface area (Å²) in [5.41, 5.74) is 2.11. The van der Waals surface area contributed by atoms with Gasteiger partial charge in [0.1, 0.15) is 0 Å². The zero-order valence-electron chi connectivity index (χ0n) is 10.4. The number of benzene rings is 1. The zero-order chi connectivity index (χ0) is 13.1. The molecule has 0 radical (unpaired) electrons. The van der Waals surface area contributed by atoms with E-state index in [0.29, 0.717) is 0 Å². The van der Waals surface area contributed by atoms with E-state index in [1.54, 1.807) is 29.9 Å². The molecule has 0 fully saturated rings. The number of fused-ring (bicyclic) bond motifs is 1. The summed E-state index contributed by atoms with van der Waals surface area (Å²) in [6.45, 7) is 0. The molecule has 0 aliphatic rings. The molecule has 94 valence electrons. The van der Waals surface area contributed by atoms with E-state index in [4.69, 9.17) is 0 Å². The molecule has 2 heterocycles. The van der Waals surface area contributed by atoms with Crippen LogP contribution in [0.1, 0.15) is 5.56 Å². The van der Waals surface area contributed by atoms with Gasteiger partial charge in [0, 0.05) is 25.0 Å². The molecule has 1 aromatic carbocycles. The molecule has 0 bridgehead atoms. The third kappa shape index (κ3) is 2.46. The Bertz CT molecular complexity index is 784. The molecule has 19 heavy (non-hydrogen) atoms. The van der Waals surface area contributed by atoms with Crippen molar-refractivity contribution < 1.29 is 0 Å². The van der Waals surface area contributed by atoms with Crippen molar-refractivity contribution in [2.75, 3.05) is 0 Å². The molecule has 0 atom stereocenters. The quantitative estimate of drug-likeness (QED) is 0.520. The number of hydrogen-bond donors (Lipinski definition) is 0. The number of aromatic nitrogens is 2. The Balaban J connectivity index is 1.98. The number of pyridine rings is 1. The Morgan fingerprint density at radius 1 is 1.21 bits per heavy atom. The number of rotatable bonds is 2. The van der Waals surface area contributed by atoms with Gasteiger partial charge in [-0.25, -0.2) is 0 Å². The molecule has 0 unspecified atom stereocenters. The molecule has 0 saturated heterocycles. The maximum atomic E-state index is 4.26. The Morgan fingerprint density at radius 2 is 2.11 bits per heavy atom. The maximum absolute atomic E-state index is 4.26. The van der Waals surface area contributed by atoms with Crippen molar-refractivity contribution in [3.63, 3.8) is 0 Å². The lowest BCUT2D eigenvalue weighted by Gasteiger charge is -1.92. The first-order valence-corrected chi connectivity index (χ1v) is 6.68. The van der Waals surface area contributed by atoms with Gasteiger partial charge in [0.25, 0.3) is 0 Å². The average Bonchev–Trinajstić information content (AvgIpc) is 2.78. The second-order valence-electron chi connectivity index (χ2n) is 4.04. The van der Waals surface area contributed by atoms with Gasteiger partial charge in [-0.2, -0.15) is 5.10 Å². The van der Waals surface area contributed by atoms with Crippen LogP contribution < -0.4 is 4.80 Å². The summed E-state index contributed by atoms with van der Waals surface area (Å²) in [6, 6.07) is 12.0. The molecule has 0 amide bonds. The number of nitrogens with zero attached hydrogens (tertiary/aromatic N) is 4. The van der Waals surface area contributed by atoms with Crippen molar-refractivity contribution >= 4 is 27.8 Å². The Kier molecular flexibility index (Phi) is 3.20. The fourth-order valence-corrected chi connectivity index (χ4v) is 2.75. The number of aryl methyl sites for hydroxylation is 1. The largest absolute Gasteiger partial charge is 0.318 e. The Labute approximate surface area is 114 Å². The van der Waals surface area contributed by atoms with Crippen LogP contribution in [0.3, 0.4) is 0 Å². The average molecular weight is 268 g/mol. The van der Waals surface area contributed by atoms with Crippen LogP contribution in [0.2, 0.25) is 0 Å². The van der Waals surface area contributed by atoms with E-state index in [0.717, 1.165) is 10.4 Å². The van der Waals surface area contributed by atoms with E-state index in [1.807, 2.05) is 35.9 Å². The van der Waals surface area contributed by atoms with Gasteiger partial charge in [-0.3, -0.25) is 4.98 Å². The first kappa shape index (κ1) is 11.8. The minimum Gasteiger partial charge on any atom is -0.318 e. The molecular formula is C14H12N4S. The molecule has 4 nitrogen and oxygen atoms in total. The highest BCUT2D eigenvalue weighted by Gasteiger charge is 2.00. The van der Waals surface area contributed by atoms with Crippen LogP contribution in [-0.4, -0.2) is 15.8 Å². The highest BCUT2D eigenvalue weighted by Crippen LogP contribution is 2.14.